The molecule has 5 heteroatoms. The normalized spacial score (nSPS) is 13.0. The molecule has 8 aromatic rings. The zero-order valence-corrected chi connectivity index (χ0v) is 27.4. The summed E-state index contributed by atoms with van der Waals surface area (Å²) in [5.74, 6) is 1.96. The third kappa shape index (κ3) is 4.74. The van der Waals surface area contributed by atoms with Gasteiger partial charge in [-0.05, 0) is 62.5 Å². The predicted octanol–water partition coefficient (Wildman–Crippen LogP) is 11.1. The first kappa shape index (κ1) is 28.4. The van der Waals surface area contributed by atoms with E-state index in [0.29, 0.717) is 17.5 Å². The van der Waals surface area contributed by atoms with Crippen LogP contribution in [0.15, 0.2) is 146 Å². The maximum Gasteiger partial charge on any atom is 0.164 e. The van der Waals surface area contributed by atoms with E-state index in [0.717, 1.165) is 27.8 Å². The lowest BCUT2D eigenvalue weighted by Crippen LogP contribution is -2.14. The van der Waals surface area contributed by atoms with Crippen molar-refractivity contribution >= 4 is 21.4 Å². The number of aromatic nitrogens is 4. The second kappa shape index (κ2) is 11.2. The molecule has 1 aliphatic carbocycles. The van der Waals surface area contributed by atoms with Gasteiger partial charge in [0.05, 0.1) is 0 Å². The number of hydrogen-bond donors (Lipinski definition) is 0. The Morgan fingerprint density at radius 1 is 0.500 bits per heavy atom. The number of thiophene rings is 1. The molecule has 0 saturated carbocycles. The Morgan fingerprint density at radius 3 is 1.85 bits per heavy atom. The van der Waals surface area contributed by atoms with E-state index >= 15 is 0 Å². The van der Waals surface area contributed by atoms with E-state index in [4.69, 9.17) is 15.0 Å². The van der Waals surface area contributed by atoms with Crippen molar-refractivity contribution < 1.29 is 0 Å². The Balaban J connectivity index is 1.19. The molecule has 0 N–H and O–H groups in total. The second-order valence-electron chi connectivity index (χ2n) is 12.7. The van der Waals surface area contributed by atoms with Gasteiger partial charge in [-0.2, -0.15) is 0 Å². The first-order chi connectivity index (χ1) is 23.5. The minimum atomic E-state index is -0.120. The SMILES string of the molecule is CC1(C)c2ccccc2-c2c(-c3nc(-c4ccc(-c5cccnc5)cc4)nc(-c4ccc(-c5cc6ccccc6s5)cc4)n3)cccc21. The van der Waals surface area contributed by atoms with E-state index in [1.165, 1.54) is 42.8 Å². The molecule has 48 heavy (non-hydrogen) atoms. The molecule has 3 heterocycles. The Morgan fingerprint density at radius 2 is 1.12 bits per heavy atom. The minimum Gasteiger partial charge on any atom is -0.264 e. The van der Waals surface area contributed by atoms with Crippen molar-refractivity contribution in [2.24, 2.45) is 0 Å². The molecule has 228 valence electrons. The highest BCUT2D eigenvalue weighted by molar-refractivity contribution is 7.22. The molecule has 0 fully saturated rings. The minimum absolute atomic E-state index is 0.120. The highest BCUT2D eigenvalue weighted by Crippen LogP contribution is 2.51. The van der Waals surface area contributed by atoms with Gasteiger partial charge < -0.3 is 0 Å². The molecule has 0 bridgehead atoms. The van der Waals surface area contributed by atoms with Crippen LogP contribution in [-0.4, -0.2) is 19.9 Å². The van der Waals surface area contributed by atoms with Crippen molar-refractivity contribution in [2.75, 3.05) is 0 Å². The lowest BCUT2D eigenvalue weighted by atomic mass is 9.82. The molecule has 0 radical (unpaired) electrons. The van der Waals surface area contributed by atoms with Gasteiger partial charge in [-0.1, -0.05) is 129 Å². The third-order valence-corrected chi connectivity index (χ3v) is 10.6. The van der Waals surface area contributed by atoms with Crippen molar-refractivity contribution in [3.8, 4) is 66.9 Å². The number of nitrogens with zero attached hydrogens (tertiary/aromatic N) is 4. The quantitative estimate of drug-likeness (QED) is 0.189. The Bertz CT molecular complexity index is 2430. The summed E-state index contributed by atoms with van der Waals surface area (Å²) >= 11 is 1.81. The standard InChI is InChI=1S/C43H30N4S/c1-43(2)35-13-5-4-11-33(35)39-34(12-7-14-36(39)43)42-46-40(29-20-16-27(17-21-29)32-10-8-24-44-26-32)45-41(47-42)30-22-18-28(19-23-30)38-25-31-9-3-6-15-37(31)48-38/h3-26H,1-2H3. The van der Waals surface area contributed by atoms with Crippen LogP contribution in [0.5, 0.6) is 0 Å². The first-order valence-electron chi connectivity index (χ1n) is 16.1. The van der Waals surface area contributed by atoms with E-state index in [2.05, 4.69) is 146 Å². The van der Waals surface area contributed by atoms with Crippen LogP contribution < -0.4 is 0 Å². The maximum absolute atomic E-state index is 5.17. The molecular weight excluding hydrogens is 605 g/mol. The lowest BCUT2D eigenvalue weighted by molar-refractivity contribution is 0.660. The van der Waals surface area contributed by atoms with Crippen LogP contribution in [-0.2, 0) is 5.41 Å². The smallest absolute Gasteiger partial charge is 0.164 e. The van der Waals surface area contributed by atoms with Crippen molar-refractivity contribution in [3.63, 3.8) is 0 Å². The van der Waals surface area contributed by atoms with Crippen LogP contribution in [0, 0.1) is 0 Å². The summed E-state index contributed by atoms with van der Waals surface area (Å²) in [6.45, 7) is 4.60. The number of pyridine rings is 1. The van der Waals surface area contributed by atoms with Crippen molar-refractivity contribution in [3.05, 3.63) is 157 Å². The molecule has 0 spiro atoms. The van der Waals surface area contributed by atoms with Crippen molar-refractivity contribution in [2.45, 2.75) is 19.3 Å². The third-order valence-electron chi connectivity index (χ3n) is 9.47. The molecule has 1 aliphatic rings. The van der Waals surface area contributed by atoms with Gasteiger partial charge >= 0.3 is 0 Å². The van der Waals surface area contributed by atoms with Crippen LogP contribution in [0.25, 0.3) is 76.9 Å². The second-order valence-corrected chi connectivity index (χ2v) is 13.8. The first-order valence-corrected chi connectivity index (χ1v) is 16.9. The summed E-state index contributed by atoms with van der Waals surface area (Å²) < 4.78 is 1.29. The predicted molar refractivity (Wildman–Crippen MR) is 198 cm³/mol. The van der Waals surface area contributed by atoms with Gasteiger partial charge in [0, 0.05) is 44.1 Å². The molecular formula is C43H30N4S. The van der Waals surface area contributed by atoms with Crippen LogP contribution in [0.4, 0.5) is 0 Å². The molecule has 0 saturated heterocycles. The molecule has 0 aliphatic heterocycles. The van der Waals surface area contributed by atoms with Gasteiger partial charge in [0.15, 0.2) is 17.5 Å². The Kier molecular flexibility index (Phi) is 6.63. The van der Waals surface area contributed by atoms with E-state index in [9.17, 15) is 0 Å². The monoisotopic (exact) mass is 634 g/mol. The average Bonchev–Trinajstić information content (AvgIpc) is 3.69. The number of benzene rings is 5. The van der Waals surface area contributed by atoms with Gasteiger partial charge in [0.1, 0.15) is 0 Å². The van der Waals surface area contributed by atoms with E-state index in [1.807, 2.05) is 23.6 Å². The molecule has 9 rings (SSSR count). The van der Waals surface area contributed by atoms with E-state index < -0.39 is 0 Å². The Labute approximate surface area is 283 Å². The number of rotatable bonds is 5. The van der Waals surface area contributed by atoms with Crippen LogP contribution in [0.2, 0.25) is 0 Å². The average molecular weight is 635 g/mol. The van der Waals surface area contributed by atoms with Gasteiger partial charge in [0.25, 0.3) is 0 Å². The van der Waals surface area contributed by atoms with Crippen molar-refractivity contribution in [1.29, 1.82) is 0 Å². The van der Waals surface area contributed by atoms with Gasteiger partial charge in [-0.3, -0.25) is 4.98 Å². The summed E-state index contributed by atoms with van der Waals surface area (Å²) in [5.41, 5.74) is 11.2. The van der Waals surface area contributed by atoms with Crippen LogP contribution in [0.3, 0.4) is 0 Å². The van der Waals surface area contributed by atoms with Crippen LogP contribution >= 0.6 is 11.3 Å². The summed E-state index contributed by atoms with van der Waals surface area (Å²) in [4.78, 5) is 20.9. The van der Waals surface area contributed by atoms with Crippen molar-refractivity contribution in [1.82, 2.24) is 19.9 Å². The number of hydrogen-bond acceptors (Lipinski definition) is 5. The lowest BCUT2D eigenvalue weighted by Gasteiger charge is -2.21. The van der Waals surface area contributed by atoms with Gasteiger partial charge in [0.2, 0.25) is 0 Å². The fourth-order valence-electron chi connectivity index (χ4n) is 6.95. The number of fused-ring (bicyclic) bond motifs is 4. The van der Waals surface area contributed by atoms with Gasteiger partial charge in [-0.15, -0.1) is 11.3 Å². The van der Waals surface area contributed by atoms with Gasteiger partial charge in [-0.25, -0.2) is 15.0 Å². The fourth-order valence-corrected chi connectivity index (χ4v) is 8.02. The summed E-state index contributed by atoms with van der Waals surface area (Å²) in [6.07, 6.45) is 3.67. The summed E-state index contributed by atoms with van der Waals surface area (Å²) in [7, 11) is 0. The van der Waals surface area contributed by atoms with E-state index in [1.54, 1.807) is 6.20 Å². The van der Waals surface area contributed by atoms with E-state index in [-0.39, 0.29) is 5.41 Å². The fraction of sp³-hybridized carbons (Fsp3) is 0.0698. The molecule has 3 aromatic heterocycles. The summed E-state index contributed by atoms with van der Waals surface area (Å²) in [6, 6.07) is 47.0. The largest absolute Gasteiger partial charge is 0.264 e. The zero-order valence-electron chi connectivity index (χ0n) is 26.6. The highest BCUT2D eigenvalue weighted by atomic mass is 32.1. The zero-order chi connectivity index (χ0) is 32.2. The maximum atomic E-state index is 5.17. The molecule has 0 unspecified atom stereocenters. The summed E-state index contributed by atoms with van der Waals surface area (Å²) in [5, 5.41) is 1.27. The topological polar surface area (TPSA) is 51.6 Å². The molecule has 0 atom stereocenters. The molecule has 4 nitrogen and oxygen atoms in total. The molecule has 0 amide bonds. The van der Waals surface area contributed by atoms with Crippen LogP contribution in [0.1, 0.15) is 25.0 Å². The Hall–Kier alpha value is -5.78. The molecule has 5 aromatic carbocycles. The highest BCUT2D eigenvalue weighted by Gasteiger charge is 2.37.